The summed E-state index contributed by atoms with van der Waals surface area (Å²) in [6.45, 7) is 11.2. The Morgan fingerprint density at radius 2 is 1.63 bits per heavy atom. The van der Waals surface area contributed by atoms with E-state index in [1.165, 1.54) is 18.3 Å². The number of nitrogens with one attached hydrogen (secondary N) is 3. The van der Waals surface area contributed by atoms with Crippen molar-refractivity contribution in [2.45, 2.75) is 46.7 Å². The molecule has 9 heteroatoms. The van der Waals surface area contributed by atoms with Crippen LogP contribution in [0.4, 0.5) is 10.8 Å². The minimum atomic E-state index is -0.338. The molecule has 0 aliphatic rings. The smallest absolute Gasteiger partial charge is 0.270 e. The van der Waals surface area contributed by atoms with Gasteiger partial charge < -0.3 is 10.6 Å². The SMILES string of the molecule is CC(=O)Nc1ccc(C(=O)Nc2nc(C(=O)NCCN(C(C)C)C(C)C)cs2)cc1. The molecule has 0 atom stereocenters. The van der Waals surface area contributed by atoms with Crippen LogP contribution in [-0.2, 0) is 4.79 Å². The highest BCUT2D eigenvalue weighted by molar-refractivity contribution is 7.14. The van der Waals surface area contributed by atoms with Gasteiger partial charge in [-0.1, -0.05) is 0 Å². The average molecular weight is 432 g/mol. The Labute approximate surface area is 181 Å². The van der Waals surface area contributed by atoms with Crippen molar-refractivity contribution in [2.24, 2.45) is 0 Å². The Balaban J connectivity index is 1.88. The molecule has 30 heavy (non-hydrogen) atoms. The number of nitrogens with zero attached hydrogens (tertiary/aromatic N) is 2. The zero-order valence-electron chi connectivity index (χ0n) is 18.0. The standard InChI is InChI=1S/C21H29N5O3S/c1-13(2)26(14(3)4)11-10-22-20(29)18-12-30-21(24-18)25-19(28)16-6-8-17(9-7-16)23-15(5)27/h6-9,12-14H,10-11H2,1-5H3,(H,22,29)(H,23,27)(H,24,25,28). The highest BCUT2D eigenvalue weighted by atomic mass is 32.1. The van der Waals surface area contributed by atoms with E-state index in [-0.39, 0.29) is 23.4 Å². The van der Waals surface area contributed by atoms with E-state index >= 15 is 0 Å². The molecule has 162 valence electrons. The second kappa shape index (κ2) is 10.8. The summed E-state index contributed by atoms with van der Waals surface area (Å²) in [5.74, 6) is -0.782. The molecular formula is C21H29N5O3S. The van der Waals surface area contributed by atoms with E-state index in [9.17, 15) is 14.4 Å². The lowest BCUT2D eigenvalue weighted by molar-refractivity contribution is -0.114. The molecule has 2 aromatic rings. The summed E-state index contributed by atoms with van der Waals surface area (Å²) >= 11 is 1.19. The number of hydrogen-bond acceptors (Lipinski definition) is 6. The molecule has 3 N–H and O–H groups in total. The van der Waals surface area contributed by atoms with E-state index in [4.69, 9.17) is 0 Å². The van der Waals surface area contributed by atoms with Crippen molar-refractivity contribution in [3.8, 4) is 0 Å². The molecule has 2 rings (SSSR count). The minimum absolute atomic E-state index is 0.179. The molecule has 0 saturated carbocycles. The molecule has 1 heterocycles. The van der Waals surface area contributed by atoms with Gasteiger partial charge in [0.15, 0.2) is 5.13 Å². The molecule has 0 fully saturated rings. The van der Waals surface area contributed by atoms with Crippen molar-refractivity contribution in [3.05, 3.63) is 40.9 Å². The van der Waals surface area contributed by atoms with Gasteiger partial charge in [-0.05, 0) is 52.0 Å². The summed E-state index contributed by atoms with van der Waals surface area (Å²) in [7, 11) is 0. The van der Waals surface area contributed by atoms with Gasteiger partial charge in [0, 0.05) is 48.7 Å². The highest BCUT2D eigenvalue weighted by Gasteiger charge is 2.16. The monoisotopic (exact) mass is 431 g/mol. The van der Waals surface area contributed by atoms with Crippen LogP contribution in [0.5, 0.6) is 0 Å². The van der Waals surface area contributed by atoms with Gasteiger partial charge in [0.2, 0.25) is 5.91 Å². The molecule has 0 spiro atoms. The van der Waals surface area contributed by atoms with Gasteiger partial charge in [-0.25, -0.2) is 4.98 Å². The van der Waals surface area contributed by atoms with E-state index in [0.717, 1.165) is 6.54 Å². The number of carbonyl (C=O) groups is 3. The quantitative estimate of drug-likeness (QED) is 0.566. The summed E-state index contributed by atoms with van der Waals surface area (Å²) in [5, 5.41) is 10.2. The van der Waals surface area contributed by atoms with E-state index in [0.29, 0.717) is 35.0 Å². The second-order valence-corrected chi connectivity index (χ2v) is 8.29. The molecule has 1 aromatic carbocycles. The van der Waals surface area contributed by atoms with Crippen LogP contribution in [0.2, 0.25) is 0 Å². The highest BCUT2D eigenvalue weighted by Crippen LogP contribution is 2.17. The first-order valence-electron chi connectivity index (χ1n) is 9.86. The van der Waals surface area contributed by atoms with Crippen molar-refractivity contribution in [1.29, 1.82) is 0 Å². The van der Waals surface area contributed by atoms with Crippen LogP contribution in [0.3, 0.4) is 0 Å². The molecule has 3 amide bonds. The fourth-order valence-electron chi connectivity index (χ4n) is 3.01. The third-order valence-electron chi connectivity index (χ3n) is 4.41. The summed E-state index contributed by atoms with van der Waals surface area (Å²) in [6.07, 6.45) is 0. The maximum absolute atomic E-state index is 12.4. The third kappa shape index (κ3) is 6.93. The molecule has 0 aliphatic heterocycles. The topological polar surface area (TPSA) is 103 Å². The number of hydrogen-bond donors (Lipinski definition) is 3. The van der Waals surface area contributed by atoms with Crippen LogP contribution in [0.1, 0.15) is 55.5 Å². The van der Waals surface area contributed by atoms with Gasteiger partial charge >= 0.3 is 0 Å². The molecule has 8 nitrogen and oxygen atoms in total. The van der Waals surface area contributed by atoms with E-state index in [1.807, 2.05) is 0 Å². The lowest BCUT2D eigenvalue weighted by atomic mass is 10.2. The van der Waals surface area contributed by atoms with Gasteiger partial charge in [-0.15, -0.1) is 11.3 Å². The zero-order valence-corrected chi connectivity index (χ0v) is 18.8. The first kappa shape index (κ1) is 23.5. The third-order valence-corrected chi connectivity index (χ3v) is 5.16. The number of aromatic nitrogens is 1. The average Bonchev–Trinajstić information content (AvgIpc) is 3.13. The Morgan fingerprint density at radius 3 is 2.20 bits per heavy atom. The fourth-order valence-corrected chi connectivity index (χ4v) is 3.70. The predicted molar refractivity (Wildman–Crippen MR) is 120 cm³/mol. The zero-order chi connectivity index (χ0) is 22.3. The summed E-state index contributed by atoms with van der Waals surface area (Å²) in [6, 6.07) is 7.31. The fraction of sp³-hybridized carbons (Fsp3) is 0.429. The minimum Gasteiger partial charge on any atom is -0.349 e. The summed E-state index contributed by atoms with van der Waals surface area (Å²) < 4.78 is 0. The molecule has 1 aromatic heterocycles. The van der Waals surface area contributed by atoms with Crippen molar-refractivity contribution >= 4 is 39.9 Å². The molecular weight excluding hydrogens is 402 g/mol. The Hall–Kier alpha value is -2.78. The Kier molecular flexibility index (Phi) is 8.49. The van der Waals surface area contributed by atoms with Crippen LogP contribution in [0, 0.1) is 0 Å². The van der Waals surface area contributed by atoms with Crippen LogP contribution >= 0.6 is 11.3 Å². The van der Waals surface area contributed by atoms with Crippen molar-refractivity contribution in [1.82, 2.24) is 15.2 Å². The van der Waals surface area contributed by atoms with Crippen molar-refractivity contribution in [3.63, 3.8) is 0 Å². The predicted octanol–water partition coefficient (Wildman–Crippen LogP) is 3.20. The van der Waals surface area contributed by atoms with Crippen LogP contribution in [-0.4, -0.2) is 52.8 Å². The number of rotatable bonds is 9. The normalized spacial score (nSPS) is 11.1. The maximum Gasteiger partial charge on any atom is 0.270 e. The van der Waals surface area contributed by atoms with Gasteiger partial charge in [-0.2, -0.15) is 0 Å². The van der Waals surface area contributed by atoms with Gasteiger partial charge in [0.25, 0.3) is 11.8 Å². The van der Waals surface area contributed by atoms with Crippen LogP contribution in [0.15, 0.2) is 29.6 Å². The van der Waals surface area contributed by atoms with Gasteiger partial charge in [0.1, 0.15) is 5.69 Å². The van der Waals surface area contributed by atoms with E-state index in [1.54, 1.807) is 29.6 Å². The lowest BCUT2D eigenvalue weighted by Gasteiger charge is -2.30. The van der Waals surface area contributed by atoms with Crippen LogP contribution in [0.25, 0.3) is 0 Å². The largest absolute Gasteiger partial charge is 0.349 e. The Morgan fingerprint density at radius 1 is 1.00 bits per heavy atom. The number of carbonyl (C=O) groups excluding carboxylic acids is 3. The summed E-state index contributed by atoms with van der Waals surface area (Å²) in [5.41, 5.74) is 1.31. The molecule has 0 bridgehead atoms. The molecule has 0 radical (unpaired) electrons. The Bertz CT molecular complexity index is 869. The molecule has 0 unspecified atom stereocenters. The van der Waals surface area contributed by atoms with E-state index in [2.05, 4.69) is 53.5 Å². The molecule has 0 aliphatic carbocycles. The van der Waals surface area contributed by atoms with Gasteiger partial charge in [-0.3, -0.25) is 24.6 Å². The van der Waals surface area contributed by atoms with Crippen molar-refractivity contribution in [2.75, 3.05) is 23.7 Å². The maximum atomic E-state index is 12.4. The molecule has 0 saturated heterocycles. The number of anilines is 2. The number of amides is 3. The van der Waals surface area contributed by atoms with Crippen molar-refractivity contribution < 1.29 is 14.4 Å². The first-order chi connectivity index (χ1) is 14.2. The van der Waals surface area contributed by atoms with E-state index < -0.39 is 0 Å². The number of benzene rings is 1. The summed E-state index contributed by atoms with van der Waals surface area (Å²) in [4.78, 5) is 42.2. The number of thiazole rings is 1. The lowest BCUT2D eigenvalue weighted by Crippen LogP contribution is -2.42. The van der Waals surface area contributed by atoms with Crippen LogP contribution < -0.4 is 16.0 Å². The first-order valence-corrected chi connectivity index (χ1v) is 10.7. The van der Waals surface area contributed by atoms with Gasteiger partial charge in [0.05, 0.1) is 0 Å². The second-order valence-electron chi connectivity index (χ2n) is 7.43.